The molecule has 0 heterocycles. The maximum absolute atomic E-state index is 12.6. The highest BCUT2D eigenvalue weighted by Gasteiger charge is 2.26. The highest BCUT2D eigenvalue weighted by Crippen LogP contribution is 2.43. The van der Waals surface area contributed by atoms with Crippen molar-refractivity contribution in [2.45, 2.75) is 161 Å². The Labute approximate surface area is 338 Å². The standard InChI is InChI=1S/C46H82NO7P/c1-6-8-10-12-14-16-18-19-20-21-22-23-24-25-26-27-28-30-32-34-36-38-41-51-43-45(44-53-55(49,50)52-42-40-47(3,4)5)54-46(48)39-37-35-33-31-29-17-15-13-11-9-7-2/h8,10,14,16,19-20,22-23,25-26,28,30,45H,6-7,9,11-13,15,17-18,21,24,27,29,31-44H2,1-5H3/p+1/b10-8-,16-14-,20-19-,23-22-,26-25-,30-28-. The molecular weight excluding hydrogens is 709 g/mol. The number of nitrogens with zero attached hydrogens (tertiary/aromatic N) is 1. The smallest absolute Gasteiger partial charge is 0.457 e. The molecule has 0 radical (unpaired) electrons. The molecule has 0 aliphatic carbocycles. The first-order chi connectivity index (χ1) is 26.6. The number of carbonyl (C=O) groups is 1. The maximum Gasteiger partial charge on any atom is 0.472 e. The second-order valence-corrected chi connectivity index (χ2v) is 16.8. The number of carbonyl (C=O) groups excluding carboxylic acids is 1. The molecule has 318 valence electrons. The molecule has 2 unspecified atom stereocenters. The molecule has 0 bridgehead atoms. The Morgan fingerprint density at radius 2 is 1.05 bits per heavy atom. The number of hydrogen-bond acceptors (Lipinski definition) is 6. The fraction of sp³-hybridized carbons (Fsp3) is 0.717. The molecule has 0 saturated heterocycles. The quantitative estimate of drug-likeness (QED) is 0.0218. The van der Waals surface area contributed by atoms with Crippen molar-refractivity contribution >= 4 is 13.8 Å². The molecule has 0 aromatic carbocycles. The lowest BCUT2D eigenvalue weighted by atomic mass is 10.1. The van der Waals surface area contributed by atoms with Gasteiger partial charge in [0.1, 0.15) is 19.3 Å². The summed E-state index contributed by atoms with van der Waals surface area (Å²) in [4.78, 5) is 22.8. The zero-order valence-electron chi connectivity index (χ0n) is 35.9. The van der Waals surface area contributed by atoms with Crippen LogP contribution in [-0.4, -0.2) is 75.6 Å². The van der Waals surface area contributed by atoms with E-state index in [1.807, 2.05) is 21.1 Å². The topological polar surface area (TPSA) is 91.3 Å². The monoisotopic (exact) mass is 793 g/mol. The Balaban J connectivity index is 4.29. The van der Waals surface area contributed by atoms with Crippen LogP contribution in [0, 0.1) is 0 Å². The average molecular weight is 793 g/mol. The molecule has 1 N–H and O–H groups in total. The molecule has 0 spiro atoms. The molecule has 0 aliphatic heterocycles. The third kappa shape index (κ3) is 42.9. The van der Waals surface area contributed by atoms with E-state index in [0.29, 0.717) is 24.1 Å². The third-order valence-corrected chi connectivity index (χ3v) is 9.77. The first-order valence-electron chi connectivity index (χ1n) is 21.7. The fourth-order valence-corrected chi connectivity index (χ4v) is 6.18. The van der Waals surface area contributed by atoms with Crippen LogP contribution in [0.5, 0.6) is 0 Å². The van der Waals surface area contributed by atoms with Gasteiger partial charge in [0.05, 0.1) is 34.4 Å². The minimum Gasteiger partial charge on any atom is -0.457 e. The molecule has 0 saturated carbocycles. The first-order valence-corrected chi connectivity index (χ1v) is 23.2. The van der Waals surface area contributed by atoms with Crippen molar-refractivity contribution in [3.05, 3.63) is 72.9 Å². The van der Waals surface area contributed by atoms with E-state index in [1.165, 1.54) is 51.4 Å². The van der Waals surface area contributed by atoms with E-state index < -0.39 is 13.9 Å². The highest BCUT2D eigenvalue weighted by molar-refractivity contribution is 7.47. The van der Waals surface area contributed by atoms with Crippen molar-refractivity contribution in [1.29, 1.82) is 0 Å². The number of likely N-dealkylation sites (N-methyl/N-ethyl adjacent to an activating group) is 1. The number of quaternary nitrogens is 1. The molecule has 55 heavy (non-hydrogen) atoms. The zero-order valence-corrected chi connectivity index (χ0v) is 36.8. The second-order valence-electron chi connectivity index (χ2n) is 15.3. The highest BCUT2D eigenvalue weighted by atomic mass is 31.2. The summed E-state index contributed by atoms with van der Waals surface area (Å²) in [5, 5.41) is 0. The van der Waals surface area contributed by atoms with Crippen LogP contribution in [0.4, 0.5) is 0 Å². The first kappa shape index (κ1) is 52.9. The summed E-state index contributed by atoms with van der Waals surface area (Å²) in [5.74, 6) is -0.330. The maximum atomic E-state index is 12.6. The van der Waals surface area contributed by atoms with Crippen molar-refractivity contribution < 1.29 is 37.3 Å². The summed E-state index contributed by atoms with van der Waals surface area (Å²) in [6.07, 6.45) is 49.4. The van der Waals surface area contributed by atoms with Gasteiger partial charge in [0.15, 0.2) is 0 Å². The lowest BCUT2D eigenvalue weighted by Gasteiger charge is -2.24. The molecular formula is C46H83NO7P+. The van der Waals surface area contributed by atoms with Gasteiger partial charge in [-0.25, -0.2) is 4.57 Å². The van der Waals surface area contributed by atoms with Crippen LogP contribution in [0.25, 0.3) is 0 Å². The number of unbranched alkanes of at least 4 members (excludes halogenated alkanes) is 13. The Hall–Kier alpha value is -2.06. The second kappa shape index (κ2) is 38.8. The van der Waals surface area contributed by atoms with Crippen molar-refractivity contribution in [1.82, 2.24) is 0 Å². The molecule has 8 nitrogen and oxygen atoms in total. The van der Waals surface area contributed by atoms with E-state index in [4.69, 9.17) is 18.5 Å². The number of hydrogen-bond donors (Lipinski definition) is 1. The van der Waals surface area contributed by atoms with Gasteiger partial charge < -0.3 is 18.9 Å². The molecule has 9 heteroatoms. The SMILES string of the molecule is CC/C=C\C/C=C\C/C=C\C/C=C\C/C=C\C/C=C\CCCCCOCC(COP(=O)(O)OCC[N+](C)(C)C)OC(=O)CCCCCCCCCCCCC. The predicted octanol–water partition coefficient (Wildman–Crippen LogP) is 12.7. The van der Waals surface area contributed by atoms with Gasteiger partial charge >= 0.3 is 13.8 Å². The molecule has 0 aromatic rings. The Bertz CT molecular complexity index is 1110. The molecule has 0 fully saturated rings. The van der Waals surface area contributed by atoms with Gasteiger partial charge in [-0.1, -0.05) is 157 Å². The largest absolute Gasteiger partial charge is 0.472 e. The van der Waals surface area contributed by atoms with E-state index in [0.717, 1.165) is 83.5 Å². The number of phosphoric ester groups is 1. The lowest BCUT2D eigenvalue weighted by Crippen LogP contribution is -2.37. The summed E-state index contributed by atoms with van der Waals surface area (Å²) in [7, 11) is 1.63. The van der Waals surface area contributed by atoms with Gasteiger partial charge in [0, 0.05) is 13.0 Å². The Morgan fingerprint density at radius 3 is 1.56 bits per heavy atom. The van der Waals surface area contributed by atoms with Gasteiger partial charge in [-0.3, -0.25) is 13.8 Å². The average Bonchev–Trinajstić information content (AvgIpc) is 3.13. The van der Waals surface area contributed by atoms with Crippen LogP contribution in [0.15, 0.2) is 72.9 Å². The van der Waals surface area contributed by atoms with Gasteiger partial charge in [0.25, 0.3) is 0 Å². The lowest BCUT2D eigenvalue weighted by molar-refractivity contribution is -0.870. The van der Waals surface area contributed by atoms with Crippen LogP contribution in [0.3, 0.4) is 0 Å². The number of ether oxygens (including phenoxy) is 2. The van der Waals surface area contributed by atoms with Gasteiger partial charge in [-0.2, -0.15) is 0 Å². The summed E-state index contributed by atoms with van der Waals surface area (Å²) < 4.78 is 34.9. The molecule has 2 atom stereocenters. The third-order valence-electron chi connectivity index (χ3n) is 8.78. The van der Waals surface area contributed by atoms with Gasteiger partial charge in [-0.05, 0) is 64.2 Å². The van der Waals surface area contributed by atoms with Crippen molar-refractivity contribution in [3.63, 3.8) is 0 Å². The van der Waals surface area contributed by atoms with Crippen molar-refractivity contribution in [2.75, 3.05) is 54.1 Å². The number of rotatable bonds is 39. The molecule has 0 aromatic heterocycles. The number of esters is 1. The normalized spacial score (nSPS) is 14.5. The Kier molecular flexibility index (Phi) is 37.3. The number of phosphoric acid groups is 1. The van der Waals surface area contributed by atoms with E-state index in [9.17, 15) is 14.3 Å². The van der Waals surface area contributed by atoms with Crippen LogP contribution < -0.4 is 0 Å². The summed E-state index contributed by atoms with van der Waals surface area (Å²) >= 11 is 0. The van der Waals surface area contributed by atoms with Gasteiger partial charge in [0.2, 0.25) is 0 Å². The summed E-state index contributed by atoms with van der Waals surface area (Å²) in [6, 6.07) is 0. The fourth-order valence-electron chi connectivity index (χ4n) is 5.44. The molecule has 0 rings (SSSR count). The van der Waals surface area contributed by atoms with E-state index in [2.05, 4.69) is 86.8 Å². The van der Waals surface area contributed by atoms with Crippen LogP contribution in [0.1, 0.15) is 155 Å². The predicted molar refractivity (Wildman–Crippen MR) is 233 cm³/mol. The summed E-state index contributed by atoms with van der Waals surface area (Å²) in [6.45, 7) is 5.40. The van der Waals surface area contributed by atoms with Crippen LogP contribution in [0.2, 0.25) is 0 Å². The van der Waals surface area contributed by atoms with Gasteiger partial charge in [-0.15, -0.1) is 0 Å². The number of allylic oxidation sites excluding steroid dienone is 12. The van der Waals surface area contributed by atoms with Crippen LogP contribution >= 0.6 is 7.82 Å². The Morgan fingerprint density at radius 1 is 0.582 bits per heavy atom. The molecule has 0 aliphatic rings. The molecule has 0 amide bonds. The minimum atomic E-state index is -4.28. The zero-order chi connectivity index (χ0) is 40.6. The van der Waals surface area contributed by atoms with Crippen LogP contribution in [-0.2, 0) is 27.9 Å². The van der Waals surface area contributed by atoms with Crippen molar-refractivity contribution in [3.8, 4) is 0 Å². The minimum absolute atomic E-state index is 0.0790. The van der Waals surface area contributed by atoms with E-state index >= 15 is 0 Å². The summed E-state index contributed by atoms with van der Waals surface area (Å²) in [5.41, 5.74) is 0. The van der Waals surface area contributed by atoms with E-state index in [-0.39, 0.29) is 25.8 Å². The van der Waals surface area contributed by atoms with E-state index in [1.54, 1.807) is 0 Å². The van der Waals surface area contributed by atoms with Crippen molar-refractivity contribution in [2.24, 2.45) is 0 Å².